The molecule has 0 spiro atoms. The van der Waals surface area contributed by atoms with Crippen molar-refractivity contribution in [1.29, 1.82) is 0 Å². The van der Waals surface area contributed by atoms with Gasteiger partial charge in [-0.25, -0.2) is 0 Å². The van der Waals surface area contributed by atoms with E-state index in [4.69, 9.17) is 23.2 Å². The van der Waals surface area contributed by atoms with E-state index in [0.717, 1.165) is 22.6 Å². The highest BCUT2D eigenvalue weighted by Gasteiger charge is 2.24. The van der Waals surface area contributed by atoms with Crippen molar-refractivity contribution >= 4 is 39.1 Å². The maximum absolute atomic E-state index is 6.25. The Balaban J connectivity index is 2.05. The van der Waals surface area contributed by atoms with Gasteiger partial charge >= 0.3 is 0 Å². The smallest absolute Gasteiger partial charge is 0.0462 e. The van der Waals surface area contributed by atoms with Gasteiger partial charge in [0.2, 0.25) is 0 Å². The summed E-state index contributed by atoms with van der Waals surface area (Å²) in [6, 6.07) is 6.79. The van der Waals surface area contributed by atoms with Crippen LogP contribution in [-0.2, 0) is 6.54 Å². The summed E-state index contributed by atoms with van der Waals surface area (Å²) >= 11 is 15.5. The van der Waals surface area contributed by atoms with Crippen molar-refractivity contribution in [2.24, 2.45) is 0 Å². The molecule has 0 bridgehead atoms. The minimum absolute atomic E-state index is 0.685. The molecule has 1 aromatic rings. The highest BCUT2D eigenvalue weighted by atomic mass is 79.9. The maximum atomic E-state index is 6.25. The minimum Gasteiger partial charge on any atom is -0.295 e. The van der Waals surface area contributed by atoms with Crippen LogP contribution in [0.3, 0.4) is 0 Å². The monoisotopic (exact) mass is 335 g/mol. The summed E-state index contributed by atoms with van der Waals surface area (Å²) in [6.07, 6.45) is 3.94. The number of halogens is 3. The van der Waals surface area contributed by atoms with Crippen molar-refractivity contribution in [1.82, 2.24) is 4.90 Å². The first-order valence-corrected chi connectivity index (χ1v) is 7.65. The summed E-state index contributed by atoms with van der Waals surface area (Å²) in [5.74, 6) is 0.685. The Hall–Kier alpha value is 0.240. The average Bonchev–Trinajstić information content (AvgIpc) is 2.20. The first-order valence-electron chi connectivity index (χ1n) is 5.94. The molecule has 0 radical (unpaired) electrons. The number of hydrogen-bond acceptors (Lipinski definition) is 1. The fraction of sp³-hybridized carbons (Fsp3) is 0.538. The predicted octanol–water partition coefficient (Wildman–Crippen LogP) is 4.70. The summed E-state index contributed by atoms with van der Waals surface area (Å²) in [5.41, 5.74) is 1.19. The lowest BCUT2D eigenvalue weighted by atomic mass is 9.91. The van der Waals surface area contributed by atoms with Crippen LogP contribution < -0.4 is 0 Å². The van der Waals surface area contributed by atoms with Gasteiger partial charge in [-0.3, -0.25) is 4.90 Å². The van der Waals surface area contributed by atoms with Crippen molar-refractivity contribution in [3.8, 4) is 0 Å². The number of benzene rings is 1. The summed E-state index contributed by atoms with van der Waals surface area (Å²) in [5, 5.41) is 0.832. The summed E-state index contributed by atoms with van der Waals surface area (Å²) < 4.78 is 1.03. The van der Waals surface area contributed by atoms with Gasteiger partial charge in [0.15, 0.2) is 0 Å². The zero-order valence-corrected chi connectivity index (χ0v) is 12.7. The second kappa shape index (κ2) is 6.42. The Morgan fingerprint density at radius 1 is 1.35 bits per heavy atom. The van der Waals surface area contributed by atoms with E-state index in [9.17, 15) is 0 Å². The van der Waals surface area contributed by atoms with Crippen LogP contribution in [0.4, 0.5) is 0 Å². The Bertz CT molecular complexity index is 380. The summed E-state index contributed by atoms with van der Waals surface area (Å²) in [6.45, 7) is 1.85. The fourth-order valence-corrected chi connectivity index (χ4v) is 3.07. The van der Waals surface area contributed by atoms with E-state index in [2.05, 4.69) is 26.9 Å². The van der Waals surface area contributed by atoms with Crippen molar-refractivity contribution in [3.05, 3.63) is 33.3 Å². The Kier molecular flexibility index (Phi) is 5.16. The van der Waals surface area contributed by atoms with E-state index in [-0.39, 0.29) is 0 Å². The molecule has 1 aliphatic rings. The molecule has 0 amide bonds. The molecule has 1 aromatic carbocycles. The highest BCUT2D eigenvalue weighted by Crippen LogP contribution is 2.28. The van der Waals surface area contributed by atoms with Gasteiger partial charge in [-0.05, 0) is 30.5 Å². The van der Waals surface area contributed by atoms with Gasteiger partial charge in [0, 0.05) is 34.5 Å². The molecule has 94 valence electrons. The molecule has 2 rings (SSSR count). The molecule has 0 N–H and O–H groups in total. The molecule has 0 aromatic heterocycles. The zero-order chi connectivity index (χ0) is 12.3. The third-order valence-corrected chi connectivity index (χ3v) is 4.37. The predicted molar refractivity (Wildman–Crippen MR) is 77.9 cm³/mol. The lowest BCUT2D eigenvalue weighted by Gasteiger charge is -2.37. The van der Waals surface area contributed by atoms with Crippen LogP contribution >= 0.6 is 39.1 Å². The van der Waals surface area contributed by atoms with E-state index in [0.29, 0.717) is 11.9 Å². The molecule has 0 aliphatic heterocycles. The SMILES string of the molecule is ClCCN(Cc1ccc(Br)cc1Cl)C1CCC1. The third kappa shape index (κ3) is 3.60. The first kappa shape index (κ1) is 13.7. The minimum atomic E-state index is 0.685. The van der Waals surface area contributed by atoms with Gasteiger partial charge in [0.05, 0.1) is 0 Å². The van der Waals surface area contributed by atoms with E-state index in [1.54, 1.807) is 0 Å². The summed E-state index contributed by atoms with van der Waals surface area (Å²) in [4.78, 5) is 2.45. The molecule has 1 saturated carbocycles. The molecule has 0 saturated heterocycles. The Morgan fingerprint density at radius 2 is 2.12 bits per heavy atom. The van der Waals surface area contributed by atoms with E-state index < -0.39 is 0 Å². The van der Waals surface area contributed by atoms with Crippen LogP contribution in [0.1, 0.15) is 24.8 Å². The third-order valence-electron chi connectivity index (χ3n) is 3.35. The van der Waals surface area contributed by atoms with Crippen LogP contribution in [0.5, 0.6) is 0 Å². The number of rotatable bonds is 5. The van der Waals surface area contributed by atoms with E-state index >= 15 is 0 Å². The van der Waals surface area contributed by atoms with E-state index in [1.807, 2.05) is 12.1 Å². The standard InChI is InChI=1S/C13H16BrCl2N/c14-11-5-4-10(13(16)8-11)9-17(7-6-15)12-2-1-3-12/h4-5,8,12H,1-3,6-7,9H2. The number of hydrogen-bond donors (Lipinski definition) is 0. The van der Waals surface area contributed by atoms with Crippen molar-refractivity contribution < 1.29 is 0 Å². The van der Waals surface area contributed by atoms with E-state index in [1.165, 1.54) is 24.8 Å². The number of alkyl halides is 1. The molecule has 17 heavy (non-hydrogen) atoms. The van der Waals surface area contributed by atoms with Gasteiger partial charge in [-0.1, -0.05) is 40.0 Å². The Morgan fingerprint density at radius 3 is 2.65 bits per heavy atom. The lowest BCUT2D eigenvalue weighted by Crippen LogP contribution is -2.40. The zero-order valence-electron chi connectivity index (χ0n) is 9.63. The molecule has 0 unspecified atom stereocenters. The molecule has 1 nitrogen and oxygen atoms in total. The topological polar surface area (TPSA) is 3.24 Å². The van der Waals surface area contributed by atoms with Crippen molar-refractivity contribution in [2.45, 2.75) is 31.8 Å². The van der Waals surface area contributed by atoms with Gasteiger partial charge in [0.25, 0.3) is 0 Å². The van der Waals surface area contributed by atoms with Crippen LogP contribution in [0.25, 0.3) is 0 Å². The van der Waals surface area contributed by atoms with Gasteiger partial charge in [-0.2, -0.15) is 0 Å². The normalized spacial score (nSPS) is 16.2. The molecule has 1 aliphatic carbocycles. The number of nitrogens with zero attached hydrogens (tertiary/aromatic N) is 1. The fourth-order valence-electron chi connectivity index (χ4n) is 2.12. The van der Waals surface area contributed by atoms with Crippen molar-refractivity contribution in [3.63, 3.8) is 0 Å². The molecular formula is C13H16BrCl2N. The van der Waals surface area contributed by atoms with Gasteiger partial charge in [-0.15, -0.1) is 11.6 Å². The Labute approximate surface area is 121 Å². The molecular weight excluding hydrogens is 321 g/mol. The second-order valence-corrected chi connectivity index (χ2v) is 6.18. The average molecular weight is 337 g/mol. The molecule has 0 atom stereocenters. The second-order valence-electron chi connectivity index (χ2n) is 4.48. The van der Waals surface area contributed by atoms with Gasteiger partial charge < -0.3 is 0 Å². The van der Waals surface area contributed by atoms with Crippen LogP contribution in [-0.4, -0.2) is 23.4 Å². The quantitative estimate of drug-likeness (QED) is 0.705. The summed E-state index contributed by atoms with van der Waals surface area (Å²) in [7, 11) is 0. The van der Waals surface area contributed by atoms with Crippen LogP contribution in [0.2, 0.25) is 5.02 Å². The molecule has 1 fully saturated rings. The maximum Gasteiger partial charge on any atom is 0.0462 e. The molecule has 4 heteroatoms. The van der Waals surface area contributed by atoms with Crippen LogP contribution in [0.15, 0.2) is 22.7 Å². The van der Waals surface area contributed by atoms with Gasteiger partial charge in [0.1, 0.15) is 0 Å². The highest BCUT2D eigenvalue weighted by molar-refractivity contribution is 9.10. The molecule has 0 heterocycles. The van der Waals surface area contributed by atoms with Crippen molar-refractivity contribution in [2.75, 3.05) is 12.4 Å². The van der Waals surface area contributed by atoms with Crippen LogP contribution in [0, 0.1) is 0 Å². The largest absolute Gasteiger partial charge is 0.295 e. The lowest BCUT2D eigenvalue weighted by molar-refractivity contribution is 0.127. The first-order chi connectivity index (χ1) is 8.20.